The molecule has 0 aliphatic rings. The van der Waals surface area contributed by atoms with Gasteiger partial charge in [0.25, 0.3) is 5.16 Å². The second-order valence-corrected chi connectivity index (χ2v) is 7.88. The van der Waals surface area contributed by atoms with Crippen LogP contribution < -0.4 is 5.73 Å². The second-order valence-electron chi connectivity index (χ2n) is 5.72. The van der Waals surface area contributed by atoms with Crippen molar-refractivity contribution in [3.05, 3.63) is 41.2 Å². The van der Waals surface area contributed by atoms with Gasteiger partial charge in [0, 0.05) is 6.42 Å². The molecular weight excluding hydrogens is 344 g/mol. The van der Waals surface area contributed by atoms with Crippen LogP contribution in [0, 0.1) is 6.92 Å². The first-order chi connectivity index (χ1) is 11.8. The summed E-state index contributed by atoms with van der Waals surface area (Å²) in [6.07, 6.45) is 0.376. The van der Waals surface area contributed by atoms with Crippen LogP contribution in [0.4, 0.5) is 0 Å². The van der Waals surface area contributed by atoms with Crippen LogP contribution in [0.3, 0.4) is 0 Å². The maximum absolute atomic E-state index is 12.8. The maximum atomic E-state index is 12.8. The van der Waals surface area contributed by atoms with Crippen molar-refractivity contribution < 1.29 is 17.9 Å². The Hall–Kier alpha value is -2.26. The molecule has 2 rings (SSSR count). The lowest BCUT2D eigenvalue weighted by atomic mass is 10.1. The van der Waals surface area contributed by atoms with E-state index in [4.69, 9.17) is 5.73 Å². The highest BCUT2D eigenvalue weighted by molar-refractivity contribution is 7.92. The summed E-state index contributed by atoms with van der Waals surface area (Å²) in [5, 5.41) is 6.15. The zero-order chi connectivity index (χ0) is 18.6. The van der Waals surface area contributed by atoms with Gasteiger partial charge in [0.15, 0.2) is 5.25 Å². The Labute approximate surface area is 146 Å². The molecule has 0 spiro atoms. The SMILES string of the molecule is COC(=O)C(C)S(=O)(=O)c1nnc(CCN)n1Cc1ccc(C)cc1. The van der Waals surface area contributed by atoms with Gasteiger partial charge in [-0.15, -0.1) is 10.2 Å². The van der Waals surface area contributed by atoms with E-state index >= 15 is 0 Å². The normalized spacial score (nSPS) is 12.8. The summed E-state index contributed by atoms with van der Waals surface area (Å²) in [5.41, 5.74) is 7.58. The third-order valence-corrected chi connectivity index (χ3v) is 5.81. The third-order valence-electron chi connectivity index (χ3n) is 3.88. The fourth-order valence-electron chi connectivity index (χ4n) is 2.33. The third kappa shape index (κ3) is 4.05. The molecule has 0 saturated carbocycles. The molecule has 2 N–H and O–H groups in total. The molecule has 0 fully saturated rings. The second kappa shape index (κ2) is 7.75. The molecule has 0 amide bonds. The number of carbonyl (C=O) groups is 1. The van der Waals surface area contributed by atoms with E-state index in [1.165, 1.54) is 11.5 Å². The van der Waals surface area contributed by atoms with E-state index in [-0.39, 0.29) is 11.7 Å². The van der Waals surface area contributed by atoms with E-state index in [0.29, 0.717) is 18.8 Å². The fraction of sp³-hybridized carbons (Fsp3) is 0.438. The molecule has 25 heavy (non-hydrogen) atoms. The molecule has 0 aliphatic carbocycles. The van der Waals surface area contributed by atoms with Crippen LogP contribution in [0.25, 0.3) is 0 Å². The van der Waals surface area contributed by atoms with Gasteiger partial charge in [-0.1, -0.05) is 29.8 Å². The van der Waals surface area contributed by atoms with Gasteiger partial charge in [-0.05, 0) is 26.0 Å². The number of aromatic nitrogens is 3. The zero-order valence-electron chi connectivity index (χ0n) is 14.5. The van der Waals surface area contributed by atoms with Crippen LogP contribution in [0.2, 0.25) is 0 Å². The first kappa shape index (κ1) is 19.1. The van der Waals surface area contributed by atoms with Crippen molar-refractivity contribution in [2.24, 2.45) is 5.73 Å². The number of methoxy groups -OCH3 is 1. The van der Waals surface area contributed by atoms with Crippen LogP contribution in [-0.4, -0.2) is 48.1 Å². The van der Waals surface area contributed by atoms with E-state index < -0.39 is 21.1 Å². The molecule has 1 aromatic heterocycles. The molecule has 1 aromatic carbocycles. The number of ether oxygens (including phenoxy) is 1. The van der Waals surface area contributed by atoms with Crippen molar-refractivity contribution in [3.63, 3.8) is 0 Å². The molecule has 136 valence electrons. The number of carbonyl (C=O) groups excluding carboxylic acids is 1. The van der Waals surface area contributed by atoms with Gasteiger partial charge in [-0.25, -0.2) is 8.42 Å². The lowest BCUT2D eigenvalue weighted by Crippen LogP contribution is -2.31. The average Bonchev–Trinajstić information content (AvgIpc) is 2.99. The van der Waals surface area contributed by atoms with Crippen LogP contribution in [0.15, 0.2) is 29.4 Å². The van der Waals surface area contributed by atoms with Gasteiger partial charge in [-0.2, -0.15) is 0 Å². The van der Waals surface area contributed by atoms with Crippen LogP contribution >= 0.6 is 0 Å². The Morgan fingerprint density at radius 1 is 1.28 bits per heavy atom. The lowest BCUT2D eigenvalue weighted by molar-refractivity contribution is -0.139. The highest BCUT2D eigenvalue weighted by atomic mass is 32.2. The Morgan fingerprint density at radius 3 is 2.48 bits per heavy atom. The topological polar surface area (TPSA) is 117 Å². The average molecular weight is 366 g/mol. The predicted molar refractivity (Wildman–Crippen MR) is 91.7 cm³/mol. The zero-order valence-corrected chi connectivity index (χ0v) is 15.3. The van der Waals surface area contributed by atoms with Crippen molar-refractivity contribution in [2.75, 3.05) is 13.7 Å². The minimum Gasteiger partial charge on any atom is -0.468 e. The molecule has 0 aliphatic heterocycles. The van der Waals surface area contributed by atoms with Gasteiger partial charge in [0.05, 0.1) is 13.7 Å². The molecule has 1 unspecified atom stereocenters. The molecule has 0 saturated heterocycles. The van der Waals surface area contributed by atoms with E-state index in [0.717, 1.165) is 18.2 Å². The van der Waals surface area contributed by atoms with Crippen molar-refractivity contribution in [1.82, 2.24) is 14.8 Å². The fourth-order valence-corrected chi connectivity index (χ4v) is 3.63. The van der Waals surface area contributed by atoms with Crippen LogP contribution in [-0.2, 0) is 32.3 Å². The minimum absolute atomic E-state index is 0.255. The highest BCUT2D eigenvalue weighted by Gasteiger charge is 2.35. The number of sulfone groups is 1. The molecule has 1 heterocycles. The quantitative estimate of drug-likeness (QED) is 0.708. The number of aryl methyl sites for hydroxylation is 1. The molecular formula is C16H22N4O4S. The Kier molecular flexibility index (Phi) is 5.91. The molecule has 2 aromatic rings. The number of rotatable bonds is 7. The van der Waals surface area contributed by atoms with Crippen LogP contribution in [0.1, 0.15) is 23.9 Å². The summed E-state index contributed by atoms with van der Waals surface area (Å²) in [6.45, 7) is 3.81. The number of hydrogen-bond donors (Lipinski definition) is 1. The highest BCUT2D eigenvalue weighted by Crippen LogP contribution is 2.19. The van der Waals surface area contributed by atoms with Crippen molar-refractivity contribution >= 4 is 15.8 Å². The summed E-state index contributed by atoms with van der Waals surface area (Å²) in [6, 6.07) is 7.68. The number of hydrogen-bond acceptors (Lipinski definition) is 7. The number of esters is 1. The first-order valence-electron chi connectivity index (χ1n) is 7.80. The van der Waals surface area contributed by atoms with E-state index in [2.05, 4.69) is 14.9 Å². The van der Waals surface area contributed by atoms with E-state index in [9.17, 15) is 13.2 Å². The largest absolute Gasteiger partial charge is 0.468 e. The number of benzene rings is 1. The van der Waals surface area contributed by atoms with Gasteiger partial charge >= 0.3 is 5.97 Å². The molecule has 8 nitrogen and oxygen atoms in total. The van der Waals surface area contributed by atoms with Gasteiger partial charge in [0.2, 0.25) is 9.84 Å². The van der Waals surface area contributed by atoms with Crippen molar-refractivity contribution in [3.8, 4) is 0 Å². The molecule has 0 bridgehead atoms. The monoisotopic (exact) mass is 366 g/mol. The van der Waals surface area contributed by atoms with Crippen LogP contribution in [0.5, 0.6) is 0 Å². The smallest absolute Gasteiger partial charge is 0.324 e. The maximum Gasteiger partial charge on any atom is 0.324 e. The van der Waals surface area contributed by atoms with Gasteiger partial charge in [0.1, 0.15) is 5.82 Å². The standard InChI is InChI=1S/C16H22N4O4S/c1-11-4-6-13(7-5-11)10-20-14(8-9-17)18-19-16(20)25(22,23)12(2)15(21)24-3/h4-7,12H,8-10,17H2,1-3H3. The summed E-state index contributed by atoms with van der Waals surface area (Å²) in [7, 11) is -2.89. The molecule has 1 atom stereocenters. The van der Waals surface area contributed by atoms with Crippen molar-refractivity contribution in [1.29, 1.82) is 0 Å². The number of nitrogens with zero attached hydrogens (tertiary/aromatic N) is 3. The van der Waals surface area contributed by atoms with Gasteiger partial charge in [-0.3, -0.25) is 9.36 Å². The summed E-state index contributed by atoms with van der Waals surface area (Å²) in [4.78, 5) is 11.7. The summed E-state index contributed by atoms with van der Waals surface area (Å²) in [5.74, 6) is -0.385. The van der Waals surface area contributed by atoms with E-state index in [1.54, 1.807) is 0 Å². The lowest BCUT2D eigenvalue weighted by Gasteiger charge is -2.13. The summed E-state index contributed by atoms with van der Waals surface area (Å²) >= 11 is 0. The number of nitrogens with two attached hydrogens (primary N) is 1. The molecule has 9 heteroatoms. The minimum atomic E-state index is -4.03. The summed E-state index contributed by atoms with van der Waals surface area (Å²) < 4.78 is 31.6. The first-order valence-corrected chi connectivity index (χ1v) is 9.35. The molecule has 0 radical (unpaired) electrons. The Bertz CT molecular complexity index is 844. The predicted octanol–water partition coefficient (Wildman–Crippen LogP) is 0.471. The Balaban J connectivity index is 2.48. The van der Waals surface area contributed by atoms with Crippen molar-refractivity contribution in [2.45, 2.75) is 37.2 Å². The van der Waals surface area contributed by atoms with E-state index in [1.807, 2.05) is 31.2 Å². The Morgan fingerprint density at radius 2 is 1.92 bits per heavy atom. The van der Waals surface area contributed by atoms with Gasteiger partial charge < -0.3 is 10.5 Å².